The molecule has 28 heavy (non-hydrogen) atoms. The molecule has 1 aliphatic carbocycles. The Morgan fingerprint density at radius 2 is 1.75 bits per heavy atom. The first-order chi connectivity index (χ1) is 13.8. The number of thiophene rings is 1. The number of furan rings is 2. The van der Waals surface area contributed by atoms with Crippen molar-refractivity contribution < 1.29 is 8.83 Å². The van der Waals surface area contributed by atoms with Crippen LogP contribution in [0.4, 0.5) is 0 Å². The third-order valence-corrected chi connectivity index (χ3v) is 6.35. The highest BCUT2D eigenvalue weighted by Crippen LogP contribution is 2.33. The van der Waals surface area contributed by atoms with Crippen LogP contribution in [0.25, 0.3) is 10.2 Å². The predicted octanol–water partition coefficient (Wildman–Crippen LogP) is 4.25. The van der Waals surface area contributed by atoms with Gasteiger partial charge in [-0.25, -0.2) is 4.98 Å². The molecule has 0 unspecified atom stereocenters. The lowest BCUT2D eigenvalue weighted by molar-refractivity contribution is 0.205. The number of H-pyrrole nitrogens is 1. The molecule has 144 valence electrons. The summed E-state index contributed by atoms with van der Waals surface area (Å²) in [5.41, 5.74) is 1.20. The molecular formula is C21H21N3O3S. The van der Waals surface area contributed by atoms with E-state index < -0.39 is 0 Å². The Morgan fingerprint density at radius 1 is 1.04 bits per heavy atom. The van der Waals surface area contributed by atoms with E-state index in [2.05, 4.69) is 9.88 Å². The molecule has 0 saturated heterocycles. The first kappa shape index (κ1) is 17.5. The van der Waals surface area contributed by atoms with E-state index in [-0.39, 0.29) is 5.56 Å². The highest BCUT2D eigenvalue weighted by atomic mass is 32.1. The molecule has 1 aliphatic rings. The highest BCUT2D eigenvalue weighted by molar-refractivity contribution is 7.18. The number of aromatic nitrogens is 2. The molecule has 0 saturated carbocycles. The third-order valence-electron chi connectivity index (χ3n) is 5.17. The summed E-state index contributed by atoms with van der Waals surface area (Å²) in [7, 11) is 0. The summed E-state index contributed by atoms with van der Waals surface area (Å²) >= 11 is 1.68. The first-order valence-electron chi connectivity index (χ1n) is 9.57. The Bertz CT molecular complexity index is 1090. The number of nitrogens with one attached hydrogen (secondary N) is 1. The molecule has 0 atom stereocenters. The van der Waals surface area contributed by atoms with Crippen LogP contribution in [-0.2, 0) is 32.5 Å². The Labute approximate surface area is 165 Å². The van der Waals surface area contributed by atoms with E-state index in [9.17, 15) is 4.79 Å². The molecule has 6 nitrogen and oxygen atoms in total. The van der Waals surface area contributed by atoms with Crippen LogP contribution in [0.3, 0.4) is 0 Å². The quantitative estimate of drug-likeness (QED) is 0.528. The normalized spacial score (nSPS) is 14.0. The minimum atomic E-state index is -0.0182. The Hall–Kier alpha value is -2.64. The number of aryl methyl sites for hydroxylation is 2. The van der Waals surface area contributed by atoms with Crippen LogP contribution < -0.4 is 5.56 Å². The molecular weight excluding hydrogens is 374 g/mol. The zero-order valence-corrected chi connectivity index (χ0v) is 16.3. The molecule has 0 spiro atoms. The van der Waals surface area contributed by atoms with Crippen molar-refractivity contribution in [2.24, 2.45) is 0 Å². The van der Waals surface area contributed by atoms with Crippen LogP contribution in [-0.4, -0.2) is 14.9 Å². The average Bonchev–Trinajstić information content (AvgIpc) is 3.41. The van der Waals surface area contributed by atoms with E-state index in [4.69, 9.17) is 13.8 Å². The van der Waals surface area contributed by atoms with Gasteiger partial charge in [0.05, 0.1) is 37.5 Å². The molecule has 4 heterocycles. The highest BCUT2D eigenvalue weighted by Gasteiger charge is 2.20. The van der Waals surface area contributed by atoms with E-state index in [1.165, 1.54) is 16.9 Å². The second kappa shape index (κ2) is 7.41. The maximum absolute atomic E-state index is 12.8. The van der Waals surface area contributed by atoms with Gasteiger partial charge in [-0.05, 0) is 55.5 Å². The maximum Gasteiger partial charge on any atom is 0.259 e. The number of hydrogen-bond acceptors (Lipinski definition) is 6. The Kier molecular flexibility index (Phi) is 4.62. The second-order valence-corrected chi connectivity index (χ2v) is 8.29. The summed E-state index contributed by atoms with van der Waals surface area (Å²) in [6.07, 6.45) is 7.74. The van der Waals surface area contributed by atoms with Gasteiger partial charge in [0.2, 0.25) is 0 Å². The smallest absolute Gasteiger partial charge is 0.259 e. The van der Waals surface area contributed by atoms with Gasteiger partial charge < -0.3 is 13.8 Å². The first-order valence-corrected chi connectivity index (χ1v) is 10.4. The van der Waals surface area contributed by atoms with Gasteiger partial charge in [0.1, 0.15) is 22.2 Å². The second-order valence-electron chi connectivity index (χ2n) is 7.21. The van der Waals surface area contributed by atoms with Gasteiger partial charge in [-0.15, -0.1) is 11.3 Å². The van der Waals surface area contributed by atoms with Crippen LogP contribution in [0.15, 0.2) is 50.4 Å². The van der Waals surface area contributed by atoms with Crippen molar-refractivity contribution in [1.29, 1.82) is 0 Å². The van der Waals surface area contributed by atoms with Gasteiger partial charge in [0.15, 0.2) is 0 Å². The van der Waals surface area contributed by atoms with Crippen molar-refractivity contribution in [3.05, 3.63) is 74.9 Å². The van der Waals surface area contributed by atoms with E-state index in [1.807, 2.05) is 24.3 Å². The predicted molar refractivity (Wildman–Crippen MR) is 107 cm³/mol. The molecule has 0 amide bonds. The minimum absolute atomic E-state index is 0.0182. The summed E-state index contributed by atoms with van der Waals surface area (Å²) in [6.45, 7) is 1.72. The molecule has 4 aromatic rings. The van der Waals surface area contributed by atoms with Crippen LogP contribution in [0.1, 0.15) is 40.6 Å². The summed E-state index contributed by atoms with van der Waals surface area (Å²) < 4.78 is 11.0. The van der Waals surface area contributed by atoms with Gasteiger partial charge in [0, 0.05) is 4.88 Å². The topological polar surface area (TPSA) is 75.3 Å². The molecule has 4 aromatic heterocycles. The van der Waals surface area contributed by atoms with Gasteiger partial charge in [-0.3, -0.25) is 9.69 Å². The van der Waals surface area contributed by atoms with E-state index in [0.29, 0.717) is 25.5 Å². The van der Waals surface area contributed by atoms with E-state index in [0.717, 1.165) is 41.0 Å². The van der Waals surface area contributed by atoms with Crippen molar-refractivity contribution in [1.82, 2.24) is 14.9 Å². The molecule has 1 N–H and O–H groups in total. The van der Waals surface area contributed by atoms with E-state index in [1.54, 1.807) is 23.9 Å². The number of hydrogen-bond donors (Lipinski definition) is 1. The standard InChI is InChI=1S/C21H21N3O3S/c25-20-19-16-7-1-2-8-17(16)28-21(19)23-18(22-20)13-24(11-14-5-3-9-26-14)12-15-6-4-10-27-15/h3-6,9-10H,1-2,7-8,11-13H2,(H,22,23,25). The number of fused-ring (bicyclic) bond motifs is 3. The van der Waals surface area contributed by atoms with Crippen molar-refractivity contribution in [3.8, 4) is 0 Å². The molecule has 0 radical (unpaired) electrons. The zero-order valence-electron chi connectivity index (χ0n) is 15.4. The van der Waals surface area contributed by atoms with Crippen molar-refractivity contribution >= 4 is 21.6 Å². The van der Waals surface area contributed by atoms with Crippen LogP contribution in [0.2, 0.25) is 0 Å². The molecule has 0 fully saturated rings. The lowest BCUT2D eigenvalue weighted by Gasteiger charge is -2.19. The number of rotatable bonds is 6. The molecule has 5 rings (SSSR count). The van der Waals surface area contributed by atoms with Gasteiger partial charge >= 0.3 is 0 Å². The maximum atomic E-state index is 12.8. The molecule has 0 aromatic carbocycles. The van der Waals surface area contributed by atoms with Crippen LogP contribution in [0.5, 0.6) is 0 Å². The van der Waals surface area contributed by atoms with Crippen LogP contribution in [0, 0.1) is 0 Å². The average molecular weight is 395 g/mol. The SMILES string of the molecule is O=c1[nH]c(CN(Cc2ccco2)Cc2ccco2)nc2sc3c(c12)CCCC3. The zero-order chi connectivity index (χ0) is 18.9. The third kappa shape index (κ3) is 3.43. The van der Waals surface area contributed by atoms with Gasteiger partial charge in [-0.1, -0.05) is 0 Å². The summed E-state index contributed by atoms with van der Waals surface area (Å²) in [4.78, 5) is 25.0. The lowest BCUT2D eigenvalue weighted by Crippen LogP contribution is -2.25. The van der Waals surface area contributed by atoms with Crippen LogP contribution >= 0.6 is 11.3 Å². The van der Waals surface area contributed by atoms with E-state index >= 15 is 0 Å². The fourth-order valence-corrected chi connectivity index (χ4v) is 5.19. The fourth-order valence-electron chi connectivity index (χ4n) is 3.91. The van der Waals surface area contributed by atoms with Crippen molar-refractivity contribution in [3.63, 3.8) is 0 Å². The Balaban J connectivity index is 1.46. The monoisotopic (exact) mass is 395 g/mol. The molecule has 0 bridgehead atoms. The summed E-state index contributed by atoms with van der Waals surface area (Å²) in [5.74, 6) is 2.40. The Morgan fingerprint density at radius 3 is 2.43 bits per heavy atom. The van der Waals surface area contributed by atoms with Gasteiger partial charge in [0.25, 0.3) is 5.56 Å². The number of nitrogens with zero attached hydrogens (tertiary/aromatic N) is 2. The summed E-state index contributed by atoms with van der Waals surface area (Å²) in [6, 6.07) is 7.65. The lowest BCUT2D eigenvalue weighted by atomic mass is 9.97. The minimum Gasteiger partial charge on any atom is -0.468 e. The fraction of sp³-hybridized carbons (Fsp3) is 0.333. The summed E-state index contributed by atoms with van der Waals surface area (Å²) in [5, 5.41) is 0.798. The largest absolute Gasteiger partial charge is 0.468 e. The van der Waals surface area contributed by atoms with Crippen molar-refractivity contribution in [2.45, 2.75) is 45.3 Å². The molecule has 0 aliphatic heterocycles. The number of aromatic amines is 1. The van der Waals surface area contributed by atoms with Gasteiger partial charge in [-0.2, -0.15) is 0 Å². The van der Waals surface area contributed by atoms with Crippen molar-refractivity contribution in [2.75, 3.05) is 0 Å². The molecule has 7 heteroatoms.